The number of allylic oxidation sites excluding steroid dienone is 4. The van der Waals surface area contributed by atoms with Crippen molar-refractivity contribution >= 4 is 0 Å². The van der Waals surface area contributed by atoms with Gasteiger partial charge in [-0.05, 0) is 12.0 Å². The molecule has 0 aliphatic heterocycles. The summed E-state index contributed by atoms with van der Waals surface area (Å²) in [5.41, 5.74) is 0. The van der Waals surface area contributed by atoms with Gasteiger partial charge in [-0.2, -0.15) is 0 Å². The van der Waals surface area contributed by atoms with E-state index in [4.69, 9.17) is 5.11 Å². The topological polar surface area (TPSA) is 20.2 Å². The Morgan fingerprint density at radius 2 is 2.50 bits per heavy atom. The van der Waals surface area contributed by atoms with E-state index in [9.17, 15) is 0 Å². The molecule has 0 saturated carbocycles. The Morgan fingerprint density at radius 3 is 2.88 bits per heavy atom. The van der Waals surface area contributed by atoms with E-state index < -0.39 is 0 Å². The first kappa shape index (κ1) is 5.42. The number of hydrogen-bond donors (Lipinski definition) is 1. The van der Waals surface area contributed by atoms with E-state index in [1.807, 2.05) is 6.08 Å². The van der Waals surface area contributed by atoms with Crippen LogP contribution >= 0.6 is 0 Å². The van der Waals surface area contributed by atoms with Gasteiger partial charge in [0.1, 0.15) is 0 Å². The highest BCUT2D eigenvalue weighted by atomic mass is 16.3. The van der Waals surface area contributed by atoms with E-state index in [2.05, 4.69) is 13.0 Å². The van der Waals surface area contributed by atoms with Gasteiger partial charge < -0.3 is 5.11 Å². The highest BCUT2D eigenvalue weighted by Crippen LogP contribution is 2.14. The molecular weight excluding hydrogens is 100 g/mol. The first-order valence-electron chi connectivity index (χ1n) is 2.85. The highest BCUT2D eigenvalue weighted by molar-refractivity contribution is 5.13. The van der Waals surface area contributed by atoms with Crippen LogP contribution in [0.3, 0.4) is 0 Å². The van der Waals surface area contributed by atoms with Crippen LogP contribution < -0.4 is 0 Å². The predicted molar refractivity (Wildman–Crippen MR) is 33.6 cm³/mol. The fourth-order valence-corrected chi connectivity index (χ4v) is 0.822. The first-order chi connectivity index (χ1) is 3.79. The van der Waals surface area contributed by atoms with E-state index in [0.717, 1.165) is 6.42 Å². The quantitative estimate of drug-likeness (QED) is 0.505. The molecule has 1 nitrogen and oxygen atoms in total. The summed E-state index contributed by atoms with van der Waals surface area (Å²) in [5.74, 6) is 1.01. The molecule has 44 valence electrons. The van der Waals surface area contributed by atoms with Crippen LogP contribution in [0.1, 0.15) is 13.3 Å². The van der Waals surface area contributed by atoms with Crippen LogP contribution in [0, 0.1) is 5.92 Å². The summed E-state index contributed by atoms with van der Waals surface area (Å²) >= 11 is 0. The van der Waals surface area contributed by atoms with Crippen molar-refractivity contribution in [3.8, 4) is 0 Å². The van der Waals surface area contributed by atoms with Crippen molar-refractivity contribution in [2.75, 3.05) is 0 Å². The van der Waals surface area contributed by atoms with Gasteiger partial charge in [-0.25, -0.2) is 0 Å². The summed E-state index contributed by atoms with van der Waals surface area (Å²) < 4.78 is 0. The van der Waals surface area contributed by atoms with E-state index in [0.29, 0.717) is 11.7 Å². The minimum absolute atomic E-state index is 0.500. The van der Waals surface area contributed by atoms with Gasteiger partial charge in [0.15, 0.2) is 0 Å². The third-order valence-corrected chi connectivity index (χ3v) is 1.26. The molecule has 0 aromatic heterocycles. The number of rotatable bonds is 0. The van der Waals surface area contributed by atoms with Gasteiger partial charge >= 0.3 is 0 Å². The lowest BCUT2D eigenvalue weighted by atomic mass is 10.0. The number of aliphatic hydroxyl groups is 1. The lowest BCUT2D eigenvalue weighted by Crippen LogP contribution is -1.95. The molecule has 1 N–H and O–H groups in total. The molecule has 0 spiro atoms. The molecule has 1 atom stereocenters. The summed E-state index contributed by atoms with van der Waals surface area (Å²) in [6, 6.07) is 0. The van der Waals surface area contributed by atoms with Crippen LogP contribution in [0.15, 0.2) is 24.0 Å². The van der Waals surface area contributed by atoms with Crippen LogP contribution in [-0.4, -0.2) is 5.11 Å². The van der Waals surface area contributed by atoms with Gasteiger partial charge in [0.05, 0.1) is 5.76 Å². The summed E-state index contributed by atoms with van der Waals surface area (Å²) in [6.07, 6.45) is 6.51. The van der Waals surface area contributed by atoms with Crippen molar-refractivity contribution in [3.63, 3.8) is 0 Å². The average molecular weight is 110 g/mol. The van der Waals surface area contributed by atoms with Crippen molar-refractivity contribution in [2.24, 2.45) is 5.92 Å². The fourth-order valence-electron chi connectivity index (χ4n) is 0.822. The Morgan fingerprint density at radius 1 is 1.75 bits per heavy atom. The predicted octanol–water partition coefficient (Wildman–Crippen LogP) is 2.02. The molecule has 0 radical (unpaired) electrons. The van der Waals surface area contributed by atoms with Crippen LogP contribution in [0.5, 0.6) is 0 Å². The zero-order valence-electron chi connectivity index (χ0n) is 4.96. The Kier molecular flexibility index (Phi) is 1.38. The lowest BCUT2D eigenvalue weighted by Gasteiger charge is -2.07. The second kappa shape index (κ2) is 2.03. The maximum atomic E-state index is 8.89. The maximum absolute atomic E-state index is 8.89. The van der Waals surface area contributed by atoms with Gasteiger partial charge in [0.25, 0.3) is 0 Å². The van der Waals surface area contributed by atoms with Gasteiger partial charge in [0.2, 0.25) is 0 Å². The van der Waals surface area contributed by atoms with Crippen LogP contribution in [0.4, 0.5) is 0 Å². The van der Waals surface area contributed by atoms with E-state index in [1.54, 1.807) is 6.08 Å². The molecule has 1 heteroatoms. The zero-order chi connectivity index (χ0) is 5.98. The van der Waals surface area contributed by atoms with E-state index >= 15 is 0 Å². The third-order valence-electron chi connectivity index (χ3n) is 1.26. The zero-order valence-corrected chi connectivity index (χ0v) is 4.96. The standard InChI is InChI=1S/C7H10O/c1-6-3-2-4-7(8)5-6/h2-4,6,8H,5H2,1H3/t6-/m1/s1. The second-order valence-electron chi connectivity index (χ2n) is 2.22. The number of hydrogen-bond acceptors (Lipinski definition) is 1. The van der Waals surface area contributed by atoms with Crippen molar-refractivity contribution in [1.29, 1.82) is 0 Å². The molecule has 1 aliphatic rings. The SMILES string of the molecule is C[C@@H]1C=CC=C(O)C1. The smallest absolute Gasteiger partial charge is 0.0928 e. The third kappa shape index (κ3) is 1.12. The Balaban J connectivity index is 2.59. The minimum atomic E-state index is 0.500. The summed E-state index contributed by atoms with van der Waals surface area (Å²) in [6.45, 7) is 2.08. The Bertz CT molecular complexity index is 133. The molecule has 0 unspecified atom stereocenters. The Hall–Kier alpha value is -0.720. The average Bonchev–Trinajstić information content (AvgIpc) is 1.64. The van der Waals surface area contributed by atoms with Crippen molar-refractivity contribution in [1.82, 2.24) is 0 Å². The molecule has 1 rings (SSSR count). The first-order valence-corrected chi connectivity index (χ1v) is 2.85. The second-order valence-corrected chi connectivity index (χ2v) is 2.22. The van der Waals surface area contributed by atoms with Gasteiger partial charge in [-0.15, -0.1) is 0 Å². The van der Waals surface area contributed by atoms with Crippen LogP contribution in [-0.2, 0) is 0 Å². The van der Waals surface area contributed by atoms with Crippen LogP contribution in [0.25, 0.3) is 0 Å². The largest absolute Gasteiger partial charge is 0.512 e. The molecule has 0 aromatic carbocycles. The Labute approximate surface area is 49.3 Å². The van der Waals surface area contributed by atoms with E-state index in [1.165, 1.54) is 0 Å². The van der Waals surface area contributed by atoms with Crippen molar-refractivity contribution < 1.29 is 5.11 Å². The molecule has 8 heavy (non-hydrogen) atoms. The van der Waals surface area contributed by atoms with Crippen LogP contribution in [0.2, 0.25) is 0 Å². The normalized spacial score (nSPS) is 27.6. The summed E-state index contributed by atoms with van der Waals surface area (Å²) in [5, 5.41) is 8.89. The molecule has 0 aromatic rings. The molecule has 0 bridgehead atoms. The van der Waals surface area contributed by atoms with Gasteiger partial charge in [-0.3, -0.25) is 0 Å². The van der Waals surface area contributed by atoms with E-state index in [-0.39, 0.29) is 0 Å². The lowest BCUT2D eigenvalue weighted by molar-refractivity contribution is 0.369. The van der Waals surface area contributed by atoms with Crippen molar-refractivity contribution in [3.05, 3.63) is 24.0 Å². The van der Waals surface area contributed by atoms with Crippen molar-refractivity contribution in [2.45, 2.75) is 13.3 Å². The molecule has 0 heterocycles. The summed E-state index contributed by atoms with van der Waals surface area (Å²) in [4.78, 5) is 0. The molecule has 0 saturated heterocycles. The summed E-state index contributed by atoms with van der Waals surface area (Å²) in [7, 11) is 0. The van der Waals surface area contributed by atoms with Gasteiger partial charge in [-0.1, -0.05) is 19.1 Å². The minimum Gasteiger partial charge on any atom is -0.512 e. The number of aliphatic hydroxyl groups excluding tert-OH is 1. The molecule has 0 amide bonds. The highest BCUT2D eigenvalue weighted by Gasteiger charge is 2.02. The molecule has 0 fully saturated rings. The molecular formula is C7H10O. The maximum Gasteiger partial charge on any atom is 0.0928 e. The fraction of sp³-hybridized carbons (Fsp3) is 0.429. The monoisotopic (exact) mass is 110 g/mol. The van der Waals surface area contributed by atoms with Gasteiger partial charge in [0, 0.05) is 6.42 Å². The molecule has 1 aliphatic carbocycles.